The maximum absolute atomic E-state index is 12.0. The summed E-state index contributed by atoms with van der Waals surface area (Å²) in [5.41, 5.74) is 1.54. The van der Waals surface area contributed by atoms with E-state index < -0.39 is 16.0 Å². The second-order valence-corrected chi connectivity index (χ2v) is 5.90. The first-order valence-electron chi connectivity index (χ1n) is 5.61. The average Bonchev–Trinajstić information content (AvgIpc) is 2.27. The topological polar surface area (TPSA) is 83.5 Å². The van der Waals surface area contributed by atoms with Crippen molar-refractivity contribution < 1.29 is 18.3 Å². The average molecular weight is 271 g/mol. The minimum atomic E-state index is -3.55. The summed E-state index contributed by atoms with van der Waals surface area (Å²) < 4.78 is 26.4. The highest BCUT2D eigenvalue weighted by atomic mass is 32.2. The maximum Gasteiger partial charge on any atom is 0.303 e. The molecule has 100 valence electrons. The molecule has 0 spiro atoms. The third kappa shape index (κ3) is 4.12. The van der Waals surface area contributed by atoms with Gasteiger partial charge in [-0.3, -0.25) is 4.79 Å². The van der Waals surface area contributed by atoms with Gasteiger partial charge in [-0.25, -0.2) is 13.1 Å². The van der Waals surface area contributed by atoms with Crippen molar-refractivity contribution in [2.75, 3.05) is 6.54 Å². The van der Waals surface area contributed by atoms with Crippen molar-refractivity contribution in [1.82, 2.24) is 4.72 Å². The van der Waals surface area contributed by atoms with Gasteiger partial charge in [0.25, 0.3) is 0 Å². The number of rotatable bonds is 6. The van der Waals surface area contributed by atoms with Gasteiger partial charge in [-0.15, -0.1) is 0 Å². The summed E-state index contributed by atoms with van der Waals surface area (Å²) in [7, 11) is -3.55. The summed E-state index contributed by atoms with van der Waals surface area (Å²) >= 11 is 0. The number of carboxylic acid groups (broad SMARTS) is 1. The Morgan fingerprint density at radius 3 is 2.61 bits per heavy atom. The summed E-state index contributed by atoms with van der Waals surface area (Å²) in [4.78, 5) is 10.6. The lowest BCUT2D eigenvalue weighted by atomic mass is 10.2. The molecule has 0 unspecified atom stereocenters. The maximum atomic E-state index is 12.0. The quantitative estimate of drug-likeness (QED) is 0.767. The number of sulfonamides is 1. The second kappa shape index (κ2) is 5.97. The summed E-state index contributed by atoms with van der Waals surface area (Å²) in [6, 6.07) is 5.20. The van der Waals surface area contributed by atoms with Gasteiger partial charge in [-0.1, -0.05) is 12.1 Å². The van der Waals surface area contributed by atoms with E-state index >= 15 is 0 Å². The van der Waals surface area contributed by atoms with Gasteiger partial charge in [0, 0.05) is 13.0 Å². The third-order valence-corrected chi connectivity index (χ3v) is 4.10. The minimum Gasteiger partial charge on any atom is -0.481 e. The number of aliphatic carboxylic acids is 1. The van der Waals surface area contributed by atoms with E-state index in [-0.39, 0.29) is 24.3 Å². The van der Waals surface area contributed by atoms with Crippen LogP contribution in [0.15, 0.2) is 23.1 Å². The van der Waals surface area contributed by atoms with Gasteiger partial charge < -0.3 is 5.11 Å². The van der Waals surface area contributed by atoms with E-state index in [4.69, 9.17) is 5.11 Å². The Hall–Kier alpha value is -1.40. The van der Waals surface area contributed by atoms with Crippen LogP contribution in [0.25, 0.3) is 0 Å². The van der Waals surface area contributed by atoms with Crippen LogP contribution in [0, 0.1) is 13.8 Å². The molecule has 0 fully saturated rings. The smallest absolute Gasteiger partial charge is 0.303 e. The van der Waals surface area contributed by atoms with Crippen molar-refractivity contribution >= 4 is 16.0 Å². The summed E-state index contributed by atoms with van der Waals surface area (Å²) in [5, 5.41) is 8.46. The summed E-state index contributed by atoms with van der Waals surface area (Å²) in [6.07, 6.45) is 0.231. The first kappa shape index (κ1) is 14.7. The molecule has 0 aliphatic rings. The van der Waals surface area contributed by atoms with Crippen LogP contribution in [-0.4, -0.2) is 26.0 Å². The fraction of sp³-hybridized carbons (Fsp3) is 0.417. The van der Waals surface area contributed by atoms with Crippen LogP contribution in [0.4, 0.5) is 0 Å². The third-order valence-electron chi connectivity index (χ3n) is 2.49. The number of nitrogens with one attached hydrogen (secondary N) is 1. The number of hydrogen-bond acceptors (Lipinski definition) is 3. The molecular formula is C12H17NO4S. The van der Waals surface area contributed by atoms with Gasteiger partial charge in [-0.05, 0) is 37.5 Å². The van der Waals surface area contributed by atoms with E-state index in [2.05, 4.69) is 4.72 Å². The van der Waals surface area contributed by atoms with Crippen LogP contribution in [0.3, 0.4) is 0 Å². The van der Waals surface area contributed by atoms with Gasteiger partial charge in [0.2, 0.25) is 10.0 Å². The predicted octanol–water partition coefficient (Wildman–Crippen LogP) is 1.45. The van der Waals surface area contributed by atoms with Gasteiger partial charge in [-0.2, -0.15) is 0 Å². The molecule has 0 bridgehead atoms. The number of carboxylic acids is 1. The van der Waals surface area contributed by atoms with Crippen molar-refractivity contribution in [3.63, 3.8) is 0 Å². The highest BCUT2D eigenvalue weighted by Gasteiger charge is 2.16. The molecule has 0 aliphatic carbocycles. The fourth-order valence-corrected chi connectivity index (χ4v) is 2.92. The number of benzene rings is 1. The first-order chi connectivity index (χ1) is 8.33. The van der Waals surface area contributed by atoms with Crippen molar-refractivity contribution in [2.45, 2.75) is 31.6 Å². The van der Waals surface area contributed by atoms with E-state index in [1.165, 1.54) is 0 Å². The molecule has 1 rings (SSSR count). The lowest BCUT2D eigenvalue weighted by molar-refractivity contribution is -0.137. The zero-order valence-electron chi connectivity index (χ0n) is 10.4. The van der Waals surface area contributed by atoms with E-state index in [1.54, 1.807) is 19.1 Å². The molecule has 0 heterocycles. The van der Waals surface area contributed by atoms with Gasteiger partial charge in [0.1, 0.15) is 0 Å². The first-order valence-corrected chi connectivity index (χ1v) is 7.10. The zero-order valence-corrected chi connectivity index (χ0v) is 11.3. The normalized spacial score (nSPS) is 11.4. The highest BCUT2D eigenvalue weighted by Crippen LogP contribution is 2.16. The highest BCUT2D eigenvalue weighted by molar-refractivity contribution is 7.89. The number of hydrogen-bond donors (Lipinski definition) is 2. The minimum absolute atomic E-state index is 0.0463. The number of aryl methyl sites for hydroxylation is 2. The zero-order chi connectivity index (χ0) is 13.8. The van der Waals surface area contributed by atoms with Crippen molar-refractivity contribution in [3.05, 3.63) is 29.3 Å². The molecule has 0 saturated heterocycles. The lowest BCUT2D eigenvalue weighted by Crippen LogP contribution is -2.26. The standard InChI is InChI=1S/C12H17NO4S/c1-9-5-6-10(2)11(8-9)18(16,17)13-7-3-4-12(14)15/h5-6,8,13H,3-4,7H2,1-2H3,(H,14,15). The summed E-state index contributed by atoms with van der Waals surface area (Å²) in [5.74, 6) is -0.930. The molecule has 1 aromatic rings. The van der Waals surface area contributed by atoms with Crippen LogP contribution >= 0.6 is 0 Å². The Labute approximate surface area is 107 Å². The predicted molar refractivity (Wildman–Crippen MR) is 68.0 cm³/mol. The molecule has 0 radical (unpaired) electrons. The van der Waals surface area contributed by atoms with E-state index in [9.17, 15) is 13.2 Å². The van der Waals surface area contributed by atoms with Crippen molar-refractivity contribution in [3.8, 4) is 0 Å². The van der Waals surface area contributed by atoms with Crippen LogP contribution in [0.1, 0.15) is 24.0 Å². The molecule has 0 aromatic heterocycles. The molecule has 6 heteroatoms. The molecule has 5 nitrogen and oxygen atoms in total. The van der Waals surface area contributed by atoms with Gasteiger partial charge >= 0.3 is 5.97 Å². The van der Waals surface area contributed by atoms with Crippen molar-refractivity contribution in [2.24, 2.45) is 0 Å². The van der Waals surface area contributed by atoms with Crippen LogP contribution in [0.2, 0.25) is 0 Å². The molecule has 0 aliphatic heterocycles. The molecule has 0 amide bonds. The Bertz CT molecular complexity index is 537. The molecular weight excluding hydrogens is 254 g/mol. The summed E-state index contributed by atoms with van der Waals surface area (Å²) in [6.45, 7) is 3.68. The van der Waals surface area contributed by atoms with E-state index in [1.807, 2.05) is 13.0 Å². The van der Waals surface area contributed by atoms with E-state index in [0.29, 0.717) is 5.56 Å². The van der Waals surface area contributed by atoms with Crippen LogP contribution in [-0.2, 0) is 14.8 Å². The van der Waals surface area contributed by atoms with Crippen LogP contribution in [0.5, 0.6) is 0 Å². The second-order valence-electron chi connectivity index (χ2n) is 4.16. The Kier molecular flexibility index (Phi) is 4.86. The largest absolute Gasteiger partial charge is 0.481 e. The molecule has 0 atom stereocenters. The van der Waals surface area contributed by atoms with Crippen molar-refractivity contribution in [1.29, 1.82) is 0 Å². The lowest BCUT2D eigenvalue weighted by Gasteiger charge is -2.09. The van der Waals surface area contributed by atoms with E-state index in [0.717, 1.165) is 5.56 Å². The SMILES string of the molecule is Cc1ccc(C)c(S(=O)(=O)NCCCC(=O)O)c1. The van der Waals surface area contributed by atoms with Gasteiger partial charge in [0.15, 0.2) is 0 Å². The monoisotopic (exact) mass is 271 g/mol. The van der Waals surface area contributed by atoms with Crippen LogP contribution < -0.4 is 4.72 Å². The number of carbonyl (C=O) groups is 1. The van der Waals surface area contributed by atoms with Gasteiger partial charge in [0.05, 0.1) is 4.90 Å². The molecule has 18 heavy (non-hydrogen) atoms. The fourth-order valence-electron chi connectivity index (χ4n) is 1.52. The molecule has 1 aromatic carbocycles. The Balaban J connectivity index is 2.74. The molecule has 0 saturated carbocycles. The Morgan fingerprint density at radius 1 is 1.33 bits per heavy atom. The molecule has 2 N–H and O–H groups in total. The Morgan fingerprint density at radius 2 is 2.00 bits per heavy atom.